The zero-order chi connectivity index (χ0) is 17.4. The van der Waals surface area contributed by atoms with E-state index in [2.05, 4.69) is 15.1 Å². The van der Waals surface area contributed by atoms with E-state index >= 15 is 0 Å². The summed E-state index contributed by atoms with van der Waals surface area (Å²) in [5.41, 5.74) is 0.441. The molecule has 0 N–H and O–H groups in total. The molecule has 2 aromatic rings. The Morgan fingerprint density at radius 2 is 1.68 bits per heavy atom. The minimum atomic E-state index is -4.34. The summed E-state index contributed by atoms with van der Waals surface area (Å²) in [6.07, 6.45) is -1.88. The fourth-order valence-corrected chi connectivity index (χ4v) is 3.57. The first-order valence-electron chi connectivity index (χ1n) is 8.39. The molecule has 3 fully saturated rings. The van der Waals surface area contributed by atoms with E-state index in [1.54, 1.807) is 12.1 Å². The van der Waals surface area contributed by atoms with Crippen molar-refractivity contribution in [3.63, 3.8) is 0 Å². The van der Waals surface area contributed by atoms with Crippen molar-refractivity contribution in [3.8, 4) is 17.1 Å². The van der Waals surface area contributed by atoms with Crippen molar-refractivity contribution in [1.82, 2.24) is 15.1 Å². The minimum absolute atomic E-state index is 0.147. The molecule has 1 aromatic heterocycles. The molecular formula is C18H18F3N3O. The lowest BCUT2D eigenvalue weighted by Gasteiger charge is -2.44. The number of aromatic nitrogens is 2. The molecule has 0 amide bonds. The van der Waals surface area contributed by atoms with Gasteiger partial charge in [0.2, 0.25) is 5.88 Å². The molecule has 7 heteroatoms. The smallest absolute Gasteiger partial charge is 0.416 e. The second kappa shape index (κ2) is 6.29. The third kappa shape index (κ3) is 3.46. The molecule has 3 aliphatic heterocycles. The van der Waals surface area contributed by atoms with Crippen molar-refractivity contribution in [2.45, 2.75) is 25.1 Å². The Labute approximate surface area is 143 Å². The number of nitrogens with zero attached hydrogens (tertiary/aromatic N) is 3. The van der Waals surface area contributed by atoms with Gasteiger partial charge >= 0.3 is 6.18 Å². The van der Waals surface area contributed by atoms with Crippen LogP contribution in [0.1, 0.15) is 18.4 Å². The van der Waals surface area contributed by atoms with E-state index in [4.69, 9.17) is 4.74 Å². The minimum Gasteiger partial charge on any atom is -0.472 e. The zero-order valence-electron chi connectivity index (χ0n) is 13.5. The fraction of sp³-hybridized carbons (Fsp3) is 0.444. The van der Waals surface area contributed by atoms with Gasteiger partial charge in [-0.05, 0) is 50.0 Å². The average Bonchev–Trinajstić information content (AvgIpc) is 2.63. The molecule has 0 aliphatic carbocycles. The summed E-state index contributed by atoms with van der Waals surface area (Å²) in [5.74, 6) is 1.04. The summed E-state index contributed by atoms with van der Waals surface area (Å²) in [6.45, 7) is 3.21. The highest BCUT2D eigenvalue weighted by Crippen LogP contribution is 2.32. The largest absolute Gasteiger partial charge is 0.472 e. The fourth-order valence-electron chi connectivity index (χ4n) is 3.57. The quantitative estimate of drug-likeness (QED) is 0.848. The van der Waals surface area contributed by atoms with Crippen LogP contribution in [0.15, 0.2) is 36.4 Å². The Morgan fingerprint density at radius 1 is 0.960 bits per heavy atom. The molecule has 3 saturated heterocycles. The van der Waals surface area contributed by atoms with Gasteiger partial charge in [-0.2, -0.15) is 13.2 Å². The number of benzene rings is 1. The molecule has 5 rings (SSSR count). The highest BCUT2D eigenvalue weighted by Gasteiger charge is 2.35. The Balaban J connectivity index is 1.45. The second-order valence-electron chi connectivity index (χ2n) is 6.63. The van der Waals surface area contributed by atoms with Crippen LogP contribution in [0.5, 0.6) is 5.88 Å². The molecule has 0 saturated carbocycles. The molecule has 3 aliphatic rings. The van der Waals surface area contributed by atoms with Crippen molar-refractivity contribution in [2.24, 2.45) is 5.92 Å². The highest BCUT2D eigenvalue weighted by molar-refractivity contribution is 5.59. The number of hydrogen-bond acceptors (Lipinski definition) is 4. The molecule has 132 valence electrons. The predicted molar refractivity (Wildman–Crippen MR) is 86.1 cm³/mol. The van der Waals surface area contributed by atoms with Gasteiger partial charge in [-0.1, -0.05) is 12.1 Å². The number of alkyl halides is 3. The second-order valence-corrected chi connectivity index (χ2v) is 6.63. The third-order valence-electron chi connectivity index (χ3n) is 5.02. The number of hydrogen-bond donors (Lipinski definition) is 0. The molecule has 0 spiro atoms. The molecule has 25 heavy (non-hydrogen) atoms. The molecular weight excluding hydrogens is 331 g/mol. The van der Waals surface area contributed by atoms with Crippen LogP contribution in [-0.4, -0.2) is 40.8 Å². The normalized spacial score (nSPS) is 25.8. The van der Waals surface area contributed by atoms with Crippen molar-refractivity contribution >= 4 is 0 Å². The average molecular weight is 349 g/mol. The van der Waals surface area contributed by atoms with Gasteiger partial charge in [0, 0.05) is 18.2 Å². The van der Waals surface area contributed by atoms with Crippen LogP contribution in [0.4, 0.5) is 13.2 Å². The molecule has 2 bridgehead atoms. The summed E-state index contributed by atoms with van der Waals surface area (Å²) < 4.78 is 43.8. The van der Waals surface area contributed by atoms with Crippen molar-refractivity contribution in [1.29, 1.82) is 0 Å². The van der Waals surface area contributed by atoms with Crippen LogP contribution in [0.2, 0.25) is 0 Å². The van der Waals surface area contributed by atoms with Crippen molar-refractivity contribution in [2.75, 3.05) is 19.6 Å². The lowest BCUT2D eigenvalue weighted by atomic mass is 9.86. The first kappa shape index (κ1) is 16.3. The van der Waals surface area contributed by atoms with E-state index in [-0.39, 0.29) is 6.10 Å². The predicted octanol–water partition coefficient (Wildman–Crippen LogP) is 3.64. The standard InChI is InChI=1S/C18H18F3N3O/c19-18(20,21)14-3-1-12(2-4-14)15-5-6-17(23-22-15)25-16-11-24-9-7-13(16)8-10-24/h1-6,13,16H,7-11H2/t16-/m0/s1. The van der Waals surface area contributed by atoms with Crippen LogP contribution in [-0.2, 0) is 6.18 Å². The third-order valence-corrected chi connectivity index (χ3v) is 5.02. The topological polar surface area (TPSA) is 38.2 Å². The Morgan fingerprint density at radius 3 is 2.20 bits per heavy atom. The maximum Gasteiger partial charge on any atom is 0.416 e. The van der Waals surface area contributed by atoms with E-state index < -0.39 is 11.7 Å². The van der Waals surface area contributed by atoms with Gasteiger partial charge in [0.1, 0.15) is 6.10 Å². The van der Waals surface area contributed by atoms with Crippen LogP contribution in [0.25, 0.3) is 11.3 Å². The summed E-state index contributed by atoms with van der Waals surface area (Å²) in [7, 11) is 0. The molecule has 1 aromatic carbocycles. The molecule has 0 radical (unpaired) electrons. The summed E-state index contributed by atoms with van der Waals surface area (Å²) in [6, 6.07) is 8.37. The van der Waals surface area contributed by atoms with Gasteiger partial charge in [0.05, 0.1) is 11.3 Å². The van der Waals surface area contributed by atoms with E-state index in [0.29, 0.717) is 23.1 Å². The van der Waals surface area contributed by atoms with Gasteiger partial charge in [-0.15, -0.1) is 10.2 Å². The maximum atomic E-state index is 12.6. The van der Waals surface area contributed by atoms with Crippen LogP contribution in [0, 0.1) is 5.92 Å². The maximum absolute atomic E-state index is 12.6. The number of halogens is 3. The molecule has 1 atom stereocenters. The highest BCUT2D eigenvalue weighted by atomic mass is 19.4. The summed E-state index contributed by atoms with van der Waals surface area (Å²) >= 11 is 0. The first-order chi connectivity index (χ1) is 12.0. The van der Waals surface area contributed by atoms with E-state index in [1.807, 2.05) is 0 Å². The Hall–Kier alpha value is -2.15. The molecule has 4 heterocycles. The summed E-state index contributed by atoms with van der Waals surface area (Å²) in [5, 5.41) is 8.19. The van der Waals surface area contributed by atoms with E-state index in [0.717, 1.165) is 44.6 Å². The van der Waals surface area contributed by atoms with E-state index in [1.165, 1.54) is 12.1 Å². The summed E-state index contributed by atoms with van der Waals surface area (Å²) in [4.78, 5) is 2.40. The van der Waals surface area contributed by atoms with Crippen molar-refractivity contribution < 1.29 is 17.9 Å². The number of ether oxygens (including phenoxy) is 1. The van der Waals surface area contributed by atoms with Gasteiger partial charge < -0.3 is 4.74 Å². The van der Waals surface area contributed by atoms with Gasteiger partial charge in [0.15, 0.2) is 0 Å². The molecule has 0 unspecified atom stereocenters. The Bertz CT molecular complexity index is 723. The molecule has 4 nitrogen and oxygen atoms in total. The number of piperidine rings is 3. The van der Waals surface area contributed by atoms with E-state index in [9.17, 15) is 13.2 Å². The van der Waals surface area contributed by atoms with Crippen LogP contribution in [0.3, 0.4) is 0 Å². The van der Waals surface area contributed by atoms with Crippen LogP contribution < -0.4 is 4.74 Å². The van der Waals surface area contributed by atoms with Crippen LogP contribution >= 0.6 is 0 Å². The zero-order valence-corrected chi connectivity index (χ0v) is 13.5. The monoisotopic (exact) mass is 349 g/mol. The lowest BCUT2D eigenvalue weighted by Crippen LogP contribution is -2.52. The SMILES string of the molecule is FC(F)(F)c1ccc(-c2ccc(O[C@H]3CN4CCC3CC4)nn2)cc1. The van der Waals surface area contributed by atoms with Gasteiger partial charge in [-0.3, -0.25) is 4.90 Å². The van der Waals surface area contributed by atoms with Gasteiger partial charge in [-0.25, -0.2) is 0 Å². The van der Waals surface area contributed by atoms with Crippen molar-refractivity contribution in [3.05, 3.63) is 42.0 Å². The number of fused-ring (bicyclic) bond motifs is 3. The Kier molecular flexibility index (Phi) is 4.11. The first-order valence-corrected chi connectivity index (χ1v) is 8.39. The van der Waals surface area contributed by atoms with Gasteiger partial charge in [0.25, 0.3) is 0 Å². The number of rotatable bonds is 3. The lowest BCUT2D eigenvalue weighted by molar-refractivity contribution is -0.137.